The second-order valence-corrected chi connectivity index (χ2v) is 6.07. The highest BCUT2D eigenvalue weighted by Gasteiger charge is 2.14. The molecular weight excluding hydrogens is 296 g/mol. The maximum atomic E-state index is 10.7. The van der Waals surface area contributed by atoms with Crippen molar-refractivity contribution in [3.8, 4) is 5.69 Å². The fourth-order valence-corrected chi connectivity index (χ4v) is 2.62. The molecule has 2 rings (SSSR count). The normalized spacial score (nSPS) is 11.0. The van der Waals surface area contributed by atoms with E-state index in [1.165, 1.54) is 11.8 Å². The van der Waals surface area contributed by atoms with E-state index in [9.17, 15) is 4.79 Å². The number of carbonyl (C=O) groups is 1. The van der Waals surface area contributed by atoms with Crippen molar-refractivity contribution in [1.82, 2.24) is 9.78 Å². The highest BCUT2D eigenvalue weighted by molar-refractivity contribution is 7.99. The first-order valence-corrected chi connectivity index (χ1v) is 7.54. The van der Waals surface area contributed by atoms with Crippen molar-refractivity contribution in [2.24, 2.45) is 0 Å². The molecule has 6 heteroatoms. The summed E-state index contributed by atoms with van der Waals surface area (Å²) in [5, 5.41) is 14.8. The molecule has 1 aromatic carbocycles. The number of nitrogens with zero attached hydrogens (tertiary/aromatic N) is 2. The molecule has 1 heterocycles. The number of aromatic nitrogens is 2. The van der Waals surface area contributed by atoms with Crippen LogP contribution in [0.15, 0.2) is 35.4 Å². The summed E-state index contributed by atoms with van der Waals surface area (Å²) in [5.41, 5.74) is 1.76. The number of carboxylic acids is 1. The molecule has 0 saturated carbocycles. The van der Waals surface area contributed by atoms with Gasteiger partial charge in [0, 0.05) is 5.02 Å². The predicted molar refractivity (Wildman–Crippen MR) is 81.0 cm³/mol. The Balaban J connectivity index is 2.41. The fraction of sp³-hybridized carbons (Fsp3) is 0.286. The molecule has 0 atom stereocenters. The van der Waals surface area contributed by atoms with E-state index in [4.69, 9.17) is 16.7 Å². The van der Waals surface area contributed by atoms with E-state index in [2.05, 4.69) is 18.9 Å². The summed E-state index contributed by atoms with van der Waals surface area (Å²) in [6.45, 7) is 4.10. The minimum atomic E-state index is -0.847. The number of hydrogen-bond donors (Lipinski definition) is 1. The molecule has 0 bridgehead atoms. The van der Waals surface area contributed by atoms with Crippen LogP contribution >= 0.6 is 23.4 Å². The van der Waals surface area contributed by atoms with E-state index in [1.54, 1.807) is 10.7 Å². The van der Waals surface area contributed by atoms with Crippen LogP contribution in [0.4, 0.5) is 0 Å². The average molecular weight is 311 g/mol. The second kappa shape index (κ2) is 6.33. The Morgan fingerprint density at radius 2 is 2.20 bits per heavy atom. The van der Waals surface area contributed by atoms with Crippen LogP contribution in [0.3, 0.4) is 0 Å². The fourth-order valence-electron chi connectivity index (χ4n) is 1.69. The van der Waals surface area contributed by atoms with Gasteiger partial charge in [0.25, 0.3) is 0 Å². The third-order valence-corrected chi connectivity index (χ3v) is 3.90. The lowest BCUT2D eigenvalue weighted by Crippen LogP contribution is -2.02. The van der Waals surface area contributed by atoms with Gasteiger partial charge in [0.1, 0.15) is 5.03 Å². The number of rotatable bonds is 5. The first-order valence-electron chi connectivity index (χ1n) is 6.18. The van der Waals surface area contributed by atoms with E-state index in [-0.39, 0.29) is 11.7 Å². The molecule has 0 aliphatic rings. The van der Waals surface area contributed by atoms with Crippen LogP contribution in [0.5, 0.6) is 0 Å². The molecule has 0 amide bonds. The Kier molecular flexibility index (Phi) is 4.73. The van der Waals surface area contributed by atoms with Crippen LogP contribution in [0.25, 0.3) is 5.69 Å². The topological polar surface area (TPSA) is 55.1 Å². The lowest BCUT2D eigenvalue weighted by atomic mass is 10.1. The Bertz CT molecular complexity index is 625. The maximum absolute atomic E-state index is 10.7. The van der Waals surface area contributed by atoms with Gasteiger partial charge >= 0.3 is 5.97 Å². The average Bonchev–Trinajstić information content (AvgIpc) is 2.80. The molecule has 0 aliphatic carbocycles. The lowest BCUT2D eigenvalue weighted by molar-refractivity contribution is -0.133. The predicted octanol–water partition coefficient (Wildman–Crippen LogP) is 3.83. The van der Waals surface area contributed by atoms with Crippen molar-refractivity contribution in [1.29, 1.82) is 0 Å². The molecule has 0 aliphatic heterocycles. The van der Waals surface area contributed by atoms with Gasteiger partial charge in [-0.1, -0.05) is 43.3 Å². The lowest BCUT2D eigenvalue weighted by Gasteiger charge is -2.06. The third kappa shape index (κ3) is 3.55. The Morgan fingerprint density at radius 3 is 2.80 bits per heavy atom. The Labute approximate surface area is 126 Å². The van der Waals surface area contributed by atoms with Crippen LogP contribution < -0.4 is 0 Å². The van der Waals surface area contributed by atoms with Crippen LogP contribution in [-0.2, 0) is 4.79 Å². The van der Waals surface area contributed by atoms with E-state index in [1.807, 2.05) is 24.3 Å². The number of carboxylic acid groups (broad SMARTS) is 1. The number of halogens is 1. The van der Waals surface area contributed by atoms with E-state index < -0.39 is 5.97 Å². The second-order valence-electron chi connectivity index (χ2n) is 4.64. The highest BCUT2D eigenvalue weighted by atomic mass is 35.5. The van der Waals surface area contributed by atoms with E-state index in [0.29, 0.717) is 5.02 Å². The van der Waals surface area contributed by atoms with Crippen LogP contribution in [-0.4, -0.2) is 26.6 Å². The summed E-state index contributed by atoms with van der Waals surface area (Å²) in [4.78, 5) is 10.7. The smallest absolute Gasteiger partial charge is 0.313 e. The number of benzene rings is 1. The Hall–Kier alpha value is -1.46. The summed E-state index contributed by atoms with van der Waals surface area (Å²) in [6, 6.07) is 9.28. The largest absolute Gasteiger partial charge is 0.481 e. The molecule has 4 nitrogen and oxygen atoms in total. The quantitative estimate of drug-likeness (QED) is 0.853. The molecule has 0 fully saturated rings. The van der Waals surface area contributed by atoms with Crippen molar-refractivity contribution in [3.63, 3.8) is 0 Å². The van der Waals surface area contributed by atoms with Crippen molar-refractivity contribution in [2.75, 3.05) is 5.75 Å². The zero-order chi connectivity index (χ0) is 14.7. The minimum absolute atomic E-state index is 0.00376. The van der Waals surface area contributed by atoms with Gasteiger partial charge in [-0.2, -0.15) is 5.10 Å². The van der Waals surface area contributed by atoms with Crippen molar-refractivity contribution in [3.05, 3.63) is 41.0 Å². The Morgan fingerprint density at radius 1 is 1.45 bits per heavy atom. The zero-order valence-corrected chi connectivity index (χ0v) is 12.8. The summed E-state index contributed by atoms with van der Waals surface area (Å²) in [7, 11) is 0. The van der Waals surface area contributed by atoms with Crippen molar-refractivity contribution in [2.45, 2.75) is 24.8 Å². The molecule has 20 heavy (non-hydrogen) atoms. The monoisotopic (exact) mass is 310 g/mol. The zero-order valence-electron chi connectivity index (χ0n) is 11.2. The van der Waals surface area contributed by atoms with Gasteiger partial charge in [-0.05, 0) is 30.2 Å². The van der Waals surface area contributed by atoms with Crippen LogP contribution in [0.1, 0.15) is 25.5 Å². The molecule has 0 unspecified atom stereocenters. The SMILES string of the molecule is CC(C)c1cc(SCC(=O)O)n(-c2cccc(Cl)c2)n1. The van der Waals surface area contributed by atoms with Crippen molar-refractivity contribution < 1.29 is 9.90 Å². The van der Waals surface area contributed by atoms with E-state index >= 15 is 0 Å². The number of hydrogen-bond acceptors (Lipinski definition) is 3. The van der Waals surface area contributed by atoms with Gasteiger partial charge in [0.2, 0.25) is 0 Å². The number of thioether (sulfide) groups is 1. The first kappa shape index (κ1) is 14.9. The van der Waals surface area contributed by atoms with Crippen molar-refractivity contribution >= 4 is 29.3 Å². The molecule has 1 N–H and O–H groups in total. The van der Waals surface area contributed by atoms with Gasteiger partial charge in [0.05, 0.1) is 17.1 Å². The van der Waals surface area contributed by atoms with E-state index in [0.717, 1.165) is 16.4 Å². The first-order chi connectivity index (χ1) is 9.47. The number of aliphatic carboxylic acids is 1. The summed E-state index contributed by atoms with van der Waals surface area (Å²) < 4.78 is 1.74. The standard InChI is InChI=1S/C14H15ClN2O2S/c1-9(2)12-7-13(20-8-14(18)19)17(16-12)11-5-3-4-10(15)6-11/h3-7,9H,8H2,1-2H3,(H,18,19). The highest BCUT2D eigenvalue weighted by Crippen LogP contribution is 2.27. The van der Waals surface area contributed by atoms with Gasteiger partial charge in [-0.3, -0.25) is 4.79 Å². The summed E-state index contributed by atoms with van der Waals surface area (Å²) in [6.07, 6.45) is 0. The van der Waals surface area contributed by atoms with Gasteiger partial charge in [-0.15, -0.1) is 0 Å². The molecule has 106 valence electrons. The van der Waals surface area contributed by atoms with Crippen LogP contribution in [0, 0.1) is 0 Å². The summed E-state index contributed by atoms with van der Waals surface area (Å²) in [5.74, 6) is -0.566. The molecule has 0 saturated heterocycles. The minimum Gasteiger partial charge on any atom is -0.481 e. The molecule has 2 aromatic rings. The third-order valence-electron chi connectivity index (χ3n) is 2.68. The molecule has 0 radical (unpaired) electrons. The van der Waals surface area contributed by atoms with Gasteiger partial charge in [-0.25, -0.2) is 4.68 Å². The van der Waals surface area contributed by atoms with Crippen LogP contribution in [0.2, 0.25) is 5.02 Å². The van der Waals surface area contributed by atoms with Gasteiger partial charge in [0.15, 0.2) is 0 Å². The van der Waals surface area contributed by atoms with Gasteiger partial charge < -0.3 is 5.11 Å². The molecular formula is C14H15ClN2O2S. The molecule has 1 aromatic heterocycles. The molecule has 0 spiro atoms. The summed E-state index contributed by atoms with van der Waals surface area (Å²) >= 11 is 7.25. The maximum Gasteiger partial charge on any atom is 0.313 e.